The van der Waals surface area contributed by atoms with Crippen LogP contribution in [0.15, 0.2) is 6.33 Å². The second-order valence-electron chi connectivity index (χ2n) is 5.12. The topological polar surface area (TPSA) is 54.9 Å². The van der Waals surface area contributed by atoms with Crippen molar-refractivity contribution in [3.8, 4) is 0 Å². The van der Waals surface area contributed by atoms with Gasteiger partial charge in [-0.05, 0) is 18.3 Å². The van der Waals surface area contributed by atoms with Crippen molar-refractivity contribution >= 4 is 23.7 Å². The Hall–Kier alpha value is -1.16. The third kappa shape index (κ3) is 2.41. The molecule has 1 aliphatic rings. The number of hydrogen-bond acceptors (Lipinski definition) is 4. The van der Waals surface area contributed by atoms with Crippen LogP contribution in [0.5, 0.6) is 0 Å². The molecule has 4 nitrogen and oxygen atoms in total. The van der Waals surface area contributed by atoms with Crippen molar-refractivity contribution in [1.29, 1.82) is 0 Å². The fraction of sp³-hybridized carbons (Fsp3) is 0.583. The first-order valence-corrected chi connectivity index (χ1v) is 6.14. The summed E-state index contributed by atoms with van der Waals surface area (Å²) in [5, 5.41) is 3.53. The van der Waals surface area contributed by atoms with Gasteiger partial charge in [0.05, 0.1) is 5.56 Å². The normalized spacial score (nSPS) is 22.4. The highest BCUT2D eigenvalue weighted by atomic mass is 35.5. The zero-order chi connectivity index (χ0) is 12.5. The first-order valence-electron chi connectivity index (χ1n) is 5.77. The molecule has 92 valence electrons. The lowest BCUT2D eigenvalue weighted by atomic mass is 9.87. The van der Waals surface area contributed by atoms with Gasteiger partial charge in [0.1, 0.15) is 17.3 Å². The minimum absolute atomic E-state index is 0.202. The van der Waals surface area contributed by atoms with Gasteiger partial charge in [0.2, 0.25) is 0 Å². The Bertz CT molecular complexity index is 434. The van der Waals surface area contributed by atoms with E-state index in [4.69, 9.17) is 11.6 Å². The first kappa shape index (κ1) is 12.3. The highest BCUT2D eigenvalue weighted by Gasteiger charge is 2.35. The summed E-state index contributed by atoms with van der Waals surface area (Å²) in [6, 6.07) is 0.326. The summed E-state index contributed by atoms with van der Waals surface area (Å²) < 4.78 is 0. The molecule has 1 saturated carbocycles. The number of hydrogen-bond donors (Lipinski definition) is 1. The maximum absolute atomic E-state index is 11.0. The van der Waals surface area contributed by atoms with Crippen molar-refractivity contribution in [2.45, 2.75) is 39.2 Å². The van der Waals surface area contributed by atoms with Crippen LogP contribution < -0.4 is 5.32 Å². The van der Waals surface area contributed by atoms with Crippen molar-refractivity contribution in [3.63, 3.8) is 0 Å². The van der Waals surface area contributed by atoms with Gasteiger partial charge in [0, 0.05) is 6.04 Å². The van der Waals surface area contributed by atoms with Gasteiger partial charge < -0.3 is 5.32 Å². The molecule has 0 aromatic carbocycles. The highest BCUT2D eigenvalue weighted by molar-refractivity contribution is 6.32. The molecule has 1 N–H and O–H groups in total. The molecule has 0 bridgehead atoms. The second-order valence-corrected chi connectivity index (χ2v) is 5.48. The molecule has 1 aromatic rings. The quantitative estimate of drug-likeness (QED) is 0.665. The number of aromatic nitrogens is 2. The number of halogens is 1. The Kier molecular flexibility index (Phi) is 3.33. The Labute approximate surface area is 106 Å². The van der Waals surface area contributed by atoms with Gasteiger partial charge in [-0.3, -0.25) is 4.79 Å². The van der Waals surface area contributed by atoms with Gasteiger partial charge in [-0.15, -0.1) is 0 Å². The molecule has 1 aromatic heterocycles. The minimum atomic E-state index is 0.202. The van der Waals surface area contributed by atoms with Crippen LogP contribution in [0.3, 0.4) is 0 Å². The van der Waals surface area contributed by atoms with E-state index in [9.17, 15) is 4.79 Å². The maximum atomic E-state index is 11.0. The molecule has 1 heterocycles. The van der Waals surface area contributed by atoms with E-state index in [-0.39, 0.29) is 10.6 Å². The zero-order valence-corrected chi connectivity index (χ0v) is 10.8. The predicted octanol–water partition coefficient (Wildman–Crippen LogP) is 2.93. The van der Waals surface area contributed by atoms with Crippen LogP contribution in [0.4, 0.5) is 5.82 Å². The molecule has 0 aliphatic heterocycles. The van der Waals surface area contributed by atoms with Crippen LogP contribution in [0.2, 0.25) is 5.15 Å². The van der Waals surface area contributed by atoms with E-state index in [0.29, 0.717) is 23.7 Å². The molecule has 0 radical (unpaired) electrons. The van der Waals surface area contributed by atoms with E-state index in [1.165, 1.54) is 19.2 Å². The number of nitrogens with one attached hydrogen (secondary N) is 1. The molecule has 0 saturated heterocycles. The number of nitrogens with zero attached hydrogens (tertiary/aromatic N) is 2. The SMILES string of the molecule is CC1(C)CCCC1Nc1ncnc(Cl)c1C=O. The highest BCUT2D eigenvalue weighted by Crippen LogP contribution is 2.39. The van der Waals surface area contributed by atoms with Crippen LogP contribution in [0, 0.1) is 5.41 Å². The van der Waals surface area contributed by atoms with Gasteiger partial charge in [0.15, 0.2) is 6.29 Å². The Balaban J connectivity index is 2.24. The molecule has 2 rings (SSSR count). The van der Waals surface area contributed by atoms with Crippen molar-refractivity contribution in [2.75, 3.05) is 5.32 Å². The van der Waals surface area contributed by atoms with E-state index in [1.807, 2.05) is 0 Å². The first-order chi connectivity index (χ1) is 8.04. The van der Waals surface area contributed by atoms with Crippen LogP contribution in [0.25, 0.3) is 0 Å². The third-order valence-corrected chi connectivity index (χ3v) is 3.82. The summed E-state index contributed by atoms with van der Waals surface area (Å²) in [7, 11) is 0. The summed E-state index contributed by atoms with van der Waals surface area (Å²) in [4.78, 5) is 18.9. The molecular formula is C12H16ClN3O. The molecule has 0 spiro atoms. The summed E-state index contributed by atoms with van der Waals surface area (Å²) in [5.74, 6) is 0.542. The Morgan fingerprint density at radius 1 is 1.53 bits per heavy atom. The summed E-state index contributed by atoms with van der Waals surface area (Å²) >= 11 is 5.86. The van der Waals surface area contributed by atoms with Crippen LogP contribution in [-0.2, 0) is 0 Å². The average molecular weight is 254 g/mol. The molecule has 0 amide bonds. The number of anilines is 1. The van der Waals surface area contributed by atoms with Gasteiger partial charge in [-0.25, -0.2) is 9.97 Å². The van der Waals surface area contributed by atoms with E-state index < -0.39 is 0 Å². The lowest BCUT2D eigenvalue weighted by Gasteiger charge is -2.28. The van der Waals surface area contributed by atoms with E-state index in [2.05, 4.69) is 29.1 Å². The molecule has 1 aliphatic carbocycles. The Morgan fingerprint density at radius 3 is 2.88 bits per heavy atom. The fourth-order valence-corrected chi connectivity index (χ4v) is 2.53. The summed E-state index contributed by atoms with van der Waals surface area (Å²) in [6.07, 6.45) is 5.54. The summed E-state index contributed by atoms with van der Waals surface area (Å²) in [5.41, 5.74) is 0.564. The number of carbonyl (C=O) groups excluding carboxylic acids is 1. The van der Waals surface area contributed by atoms with Crippen LogP contribution in [0.1, 0.15) is 43.5 Å². The van der Waals surface area contributed by atoms with Crippen molar-refractivity contribution in [3.05, 3.63) is 17.0 Å². The largest absolute Gasteiger partial charge is 0.366 e. The van der Waals surface area contributed by atoms with Crippen molar-refractivity contribution in [2.24, 2.45) is 5.41 Å². The fourth-order valence-electron chi connectivity index (χ4n) is 2.35. The number of rotatable bonds is 3. The number of carbonyl (C=O) groups is 1. The van der Waals surface area contributed by atoms with Crippen molar-refractivity contribution in [1.82, 2.24) is 9.97 Å². The zero-order valence-electron chi connectivity index (χ0n) is 10.0. The molecule has 1 fully saturated rings. The standard InChI is InChI=1S/C12H16ClN3O/c1-12(2)5-3-4-9(12)16-11-8(6-17)10(13)14-7-15-11/h6-7,9H,3-5H2,1-2H3,(H,14,15,16). The monoisotopic (exact) mass is 253 g/mol. The molecule has 1 unspecified atom stereocenters. The molecular weight excluding hydrogens is 238 g/mol. The van der Waals surface area contributed by atoms with Gasteiger partial charge in [-0.1, -0.05) is 31.9 Å². The van der Waals surface area contributed by atoms with Crippen molar-refractivity contribution < 1.29 is 4.79 Å². The van der Waals surface area contributed by atoms with E-state index in [1.54, 1.807) is 0 Å². The Morgan fingerprint density at radius 2 is 2.29 bits per heavy atom. The van der Waals surface area contributed by atoms with E-state index in [0.717, 1.165) is 6.42 Å². The number of aldehydes is 1. The van der Waals surface area contributed by atoms with Crippen LogP contribution >= 0.6 is 11.6 Å². The second kappa shape index (κ2) is 4.61. The average Bonchev–Trinajstić information content (AvgIpc) is 2.59. The predicted molar refractivity (Wildman–Crippen MR) is 67.5 cm³/mol. The van der Waals surface area contributed by atoms with Crippen LogP contribution in [-0.4, -0.2) is 22.3 Å². The third-order valence-electron chi connectivity index (χ3n) is 3.52. The maximum Gasteiger partial charge on any atom is 0.156 e. The smallest absolute Gasteiger partial charge is 0.156 e. The van der Waals surface area contributed by atoms with Gasteiger partial charge in [-0.2, -0.15) is 0 Å². The van der Waals surface area contributed by atoms with E-state index >= 15 is 0 Å². The van der Waals surface area contributed by atoms with Gasteiger partial charge >= 0.3 is 0 Å². The molecule has 1 atom stereocenters. The van der Waals surface area contributed by atoms with Gasteiger partial charge in [0.25, 0.3) is 0 Å². The summed E-state index contributed by atoms with van der Waals surface area (Å²) in [6.45, 7) is 4.45. The minimum Gasteiger partial charge on any atom is -0.366 e. The lowest BCUT2D eigenvalue weighted by Crippen LogP contribution is -2.31. The lowest BCUT2D eigenvalue weighted by molar-refractivity contribution is 0.112. The molecule has 17 heavy (non-hydrogen) atoms. The molecule has 5 heteroatoms.